The fourth-order valence-corrected chi connectivity index (χ4v) is 2.87. The summed E-state index contributed by atoms with van der Waals surface area (Å²) < 4.78 is 15.4. The summed E-state index contributed by atoms with van der Waals surface area (Å²) in [5.74, 6) is -0.638. The average Bonchev–Trinajstić information content (AvgIpc) is 2.99. The number of H-pyrrole nitrogens is 1. The SMILES string of the molecule is CCOCc1cccc2[nH]c(C(=O)OCC)c(CCCC(=O)OC)c12. The van der Waals surface area contributed by atoms with Gasteiger partial charge in [0.05, 0.1) is 20.3 Å². The lowest BCUT2D eigenvalue weighted by Crippen LogP contribution is -2.09. The molecule has 0 aliphatic carbocycles. The number of esters is 2. The molecule has 1 aromatic carbocycles. The summed E-state index contributed by atoms with van der Waals surface area (Å²) in [6.07, 6.45) is 1.47. The highest BCUT2D eigenvalue weighted by Crippen LogP contribution is 2.29. The highest BCUT2D eigenvalue weighted by Gasteiger charge is 2.20. The molecule has 0 bridgehead atoms. The zero-order chi connectivity index (χ0) is 18.2. The molecule has 0 saturated heterocycles. The monoisotopic (exact) mass is 347 g/mol. The van der Waals surface area contributed by atoms with Gasteiger partial charge in [-0.1, -0.05) is 12.1 Å². The second-order valence-corrected chi connectivity index (χ2v) is 5.61. The normalized spacial score (nSPS) is 10.8. The van der Waals surface area contributed by atoms with Crippen LogP contribution in [0.5, 0.6) is 0 Å². The molecule has 0 aliphatic heterocycles. The zero-order valence-electron chi connectivity index (χ0n) is 15.0. The van der Waals surface area contributed by atoms with E-state index in [-0.39, 0.29) is 11.9 Å². The number of aromatic amines is 1. The van der Waals surface area contributed by atoms with E-state index in [9.17, 15) is 9.59 Å². The van der Waals surface area contributed by atoms with Gasteiger partial charge in [-0.05, 0) is 43.9 Å². The summed E-state index contributed by atoms with van der Waals surface area (Å²) in [6, 6.07) is 5.85. The maximum absolute atomic E-state index is 12.3. The van der Waals surface area contributed by atoms with Gasteiger partial charge in [0.25, 0.3) is 0 Å². The number of methoxy groups -OCH3 is 1. The Morgan fingerprint density at radius 1 is 1.16 bits per heavy atom. The third kappa shape index (κ3) is 4.60. The van der Waals surface area contributed by atoms with Crippen LogP contribution < -0.4 is 0 Å². The van der Waals surface area contributed by atoms with Gasteiger partial charge in [0.15, 0.2) is 0 Å². The summed E-state index contributed by atoms with van der Waals surface area (Å²) in [5.41, 5.74) is 3.20. The van der Waals surface area contributed by atoms with E-state index in [4.69, 9.17) is 14.2 Å². The van der Waals surface area contributed by atoms with Crippen LogP contribution in [-0.4, -0.2) is 37.2 Å². The molecule has 1 aromatic heterocycles. The van der Waals surface area contributed by atoms with Crippen LogP contribution in [0.1, 0.15) is 48.3 Å². The van der Waals surface area contributed by atoms with Crippen molar-refractivity contribution in [2.24, 2.45) is 0 Å². The van der Waals surface area contributed by atoms with Gasteiger partial charge in [-0.2, -0.15) is 0 Å². The number of benzene rings is 1. The minimum Gasteiger partial charge on any atom is -0.469 e. The van der Waals surface area contributed by atoms with E-state index < -0.39 is 0 Å². The molecule has 0 unspecified atom stereocenters. The lowest BCUT2D eigenvalue weighted by atomic mass is 10.0. The third-order valence-corrected chi connectivity index (χ3v) is 3.99. The van der Waals surface area contributed by atoms with Gasteiger partial charge in [-0.3, -0.25) is 4.79 Å². The standard InChI is InChI=1S/C19H25NO5/c1-4-24-12-13-8-6-10-15-17(13)14(9-7-11-16(21)23-3)18(20-15)19(22)25-5-2/h6,8,10,20H,4-5,7,9,11-12H2,1-3H3. The van der Waals surface area contributed by atoms with Crippen molar-refractivity contribution in [3.63, 3.8) is 0 Å². The molecule has 0 aliphatic rings. The lowest BCUT2D eigenvalue weighted by Gasteiger charge is -2.08. The Balaban J connectivity index is 2.41. The number of nitrogens with one attached hydrogen (secondary N) is 1. The topological polar surface area (TPSA) is 77.6 Å². The molecule has 1 heterocycles. The molecule has 6 nitrogen and oxygen atoms in total. The summed E-state index contributed by atoms with van der Waals surface area (Å²) >= 11 is 0. The van der Waals surface area contributed by atoms with E-state index in [0.29, 0.717) is 44.8 Å². The Kier molecular flexibility index (Phi) is 7.01. The smallest absolute Gasteiger partial charge is 0.355 e. The molecule has 0 spiro atoms. The van der Waals surface area contributed by atoms with Crippen LogP contribution in [0.4, 0.5) is 0 Å². The molecule has 0 atom stereocenters. The van der Waals surface area contributed by atoms with Crippen molar-refractivity contribution in [3.05, 3.63) is 35.0 Å². The first kappa shape index (κ1) is 19.0. The van der Waals surface area contributed by atoms with Crippen LogP contribution in [0.15, 0.2) is 18.2 Å². The Hall–Kier alpha value is -2.34. The number of carbonyl (C=O) groups excluding carboxylic acids is 2. The maximum Gasteiger partial charge on any atom is 0.355 e. The van der Waals surface area contributed by atoms with Crippen molar-refractivity contribution >= 4 is 22.8 Å². The van der Waals surface area contributed by atoms with E-state index in [2.05, 4.69) is 4.98 Å². The van der Waals surface area contributed by atoms with E-state index in [0.717, 1.165) is 22.0 Å². The minimum atomic E-state index is -0.380. The third-order valence-electron chi connectivity index (χ3n) is 3.99. The number of carbonyl (C=O) groups is 2. The molecule has 1 N–H and O–H groups in total. The number of rotatable bonds is 9. The van der Waals surface area contributed by atoms with Gasteiger partial charge in [-0.25, -0.2) is 4.79 Å². The fourth-order valence-electron chi connectivity index (χ4n) is 2.87. The van der Waals surface area contributed by atoms with Crippen molar-refractivity contribution in [2.75, 3.05) is 20.3 Å². The molecule has 25 heavy (non-hydrogen) atoms. The molecule has 0 radical (unpaired) electrons. The van der Waals surface area contributed by atoms with E-state index in [1.807, 2.05) is 25.1 Å². The molecule has 6 heteroatoms. The first-order valence-corrected chi connectivity index (χ1v) is 8.56. The first-order chi connectivity index (χ1) is 12.1. The summed E-state index contributed by atoms with van der Waals surface area (Å²) in [6.45, 7) is 5.11. The van der Waals surface area contributed by atoms with Crippen LogP contribution in [0.25, 0.3) is 10.9 Å². The van der Waals surface area contributed by atoms with Crippen molar-refractivity contribution < 1.29 is 23.8 Å². The van der Waals surface area contributed by atoms with Gasteiger partial charge in [0.1, 0.15) is 5.69 Å². The largest absolute Gasteiger partial charge is 0.469 e. The molecule has 136 valence electrons. The Morgan fingerprint density at radius 3 is 2.64 bits per heavy atom. The van der Waals surface area contributed by atoms with Gasteiger partial charge in [-0.15, -0.1) is 0 Å². The number of hydrogen-bond acceptors (Lipinski definition) is 5. The van der Waals surface area contributed by atoms with Crippen LogP contribution in [0.3, 0.4) is 0 Å². The highest BCUT2D eigenvalue weighted by molar-refractivity contribution is 5.99. The lowest BCUT2D eigenvalue weighted by molar-refractivity contribution is -0.140. The second kappa shape index (κ2) is 9.22. The number of aryl methyl sites for hydroxylation is 1. The van der Waals surface area contributed by atoms with E-state index in [1.165, 1.54) is 7.11 Å². The summed E-state index contributed by atoms with van der Waals surface area (Å²) in [7, 11) is 1.37. The highest BCUT2D eigenvalue weighted by atomic mass is 16.5. The van der Waals surface area contributed by atoms with Crippen LogP contribution in [0, 0.1) is 0 Å². The number of hydrogen-bond donors (Lipinski definition) is 1. The van der Waals surface area contributed by atoms with E-state index in [1.54, 1.807) is 6.92 Å². The van der Waals surface area contributed by atoms with Gasteiger partial charge in [0, 0.05) is 23.9 Å². The Bertz CT molecular complexity index is 735. The summed E-state index contributed by atoms with van der Waals surface area (Å²) in [5, 5.41) is 0.976. The number of aromatic nitrogens is 1. The zero-order valence-corrected chi connectivity index (χ0v) is 15.0. The second-order valence-electron chi connectivity index (χ2n) is 5.61. The Morgan fingerprint density at radius 2 is 1.96 bits per heavy atom. The Labute approximate surface area is 147 Å². The molecule has 2 aromatic rings. The summed E-state index contributed by atoms with van der Waals surface area (Å²) in [4.78, 5) is 26.9. The number of fused-ring (bicyclic) bond motifs is 1. The van der Waals surface area contributed by atoms with E-state index >= 15 is 0 Å². The van der Waals surface area contributed by atoms with Crippen molar-refractivity contribution in [1.82, 2.24) is 4.98 Å². The fraction of sp³-hybridized carbons (Fsp3) is 0.474. The van der Waals surface area contributed by atoms with Crippen LogP contribution in [0.2, 0.25) is 0 Å². The maximum atomic E-state index is 12.3. The molecule has 2 rings (SSSR count). The van der Waals surface area contributed by atoms with Gasteiger partial charge in [0.2, 0.25) is 0 Å². The van der Waals surface area contributed by atoms with Gasteiger partial charge >= 0.3 is 11.9 Å². The molecule has 0 saturated carbocycles. The van der Waals surface area contributed by atoms with Crippen molar-refractivity contribution in [1.29, 1.82) is 0 Å². The molecule has 0 amide bonds. The quantitative estimate of drug-likeness (QED) is 0.704. The molecular weight excluding hydrogens is 322 g/mol. The van der Waals surface area contributed by atoms with Crippen molar-refractivity contribution in [3.8, 4) is 0 Å². The first-order valence-electron chi connectivity index (χ1n) is 8.56. The predicted molar refractivity (Wildman–Crippen MR) is 94.5 cm³/mol. The van der Waals surface area contributed by atoms with Crippen LogP contribution >= 0.6 is 0 Å². The minimum absolute atomic E-state index is 0.257. The number of ether oxygens (including phenoxy) is 3. The molecule has 0 fully saturated rings. The van der Waals surface area contributed by atoms with Crippen LogP contribution in [-0.2, 0) is 32.0 Å². The average molecular weight is 347 g/mol. The predicted octanol–water partition coefficient (Wildman–Crippen LogP) is 3.38. The van der Waals surface area contributed by atoms with Gasteiger partial charge < -0.3 is 19.2 Å². The van der Waals surface area contributed by atoms with Crippen molar-refractivity contribution in [2.45, 2.75) is 39.7 Å². The molecular formula is C19H25NO5.